The van der Waals surface area contributed by atoms with E-state index in [2.05, 4.69) is 4.72 Å². The molecule has 0 aliphatic rings. The number of ether oxygens (including phenoxy) is 1. The van der Waals surface area contributed by atoms with Gasteiger partial charge in [-0.3, -0.25) is 9.52 Å². The van der Waals surface area contributed by atoms with E-state index >= 15 is 0 Å². The minimum atomic E-state index is -3.35. The first kappa shape index (κ1) is 18.3. The molecule has 0 aromatic heterocycles. The van der Waals surface area contributed by atoms with Gasteiger partial charge in [0.2, 0.25) is 10.0 Å². The van der Waals surface area contributed by atoms with Crippen molar-refractivity contribution in [1.82, 2.24) is 0 Å². The van der Waals surface area contributed by atoms with Gasteiger partial charge >= 0.3 is 5.97 Å². The van der Waals surface area contributed by atoms with Crippen LogP contribution in [0.1, 0.15) is 19.4 Å². The summed E-state index contributed by atoms with van der Waals surface area (Å²) in [6, 6.07) is 13.2. The zero-order chi connectivity index (χ0) is 18.0. The molecule has 2 aromatic rings. The Hall–Kier alpha value is -2.05. The van der Waals surface area contributed by atoms with Crippen molar-refractivity contribution in [3.63, 3.8) is 0 Å². The predicted octanol–water partition coefficient (Wildman–Crippen LogP) is 3.59. The van der Waals surface area contributed by atoms with Crippen LogP contribution < -0.4 is 9.46 Å². The summed E-state index contributed by atoms with van der Waals surface area (Å²) >= 11 is 5.98. The Morgan fingerprint density at radius 1 is 1.12 bits per heavy atom. The smallest absolute Gasteiger partial charge is 0.321 e. The molecule has 0 spiro atoms. The maximum Gasteiger partial charge on any atom is 0.321 e. The van der Waals surface area contributed by atoms with Crippen LogP contribution in [0, 0.1) is 0 Å². The van der Waals surface area contributed by atoms with Crippen molar-refractivity contribution in [2.75, 3.05) is 11.0 Å². The van der Waals surface area contributed by atoms with Crippen molar-refractivity contribution >= 4 is 33.3 Å². The van der Waals surface area contributed by atoms with Gasteiger partial charge in [0.05, 0.1) is 11.7 Å². The molecule has 0 fully saturated rings. The average Bonchev–Trinajstić information content (AvgIpc) is 2.47. The summed E-state index contributed by atoms with van der Waals surface area (Å²) in [6.07, 6.45) is 1.06. The fourth-order valence-electron chi connectivity index (χ4n) is 2.03. The molecule has 2 aromatic carbocycles. The minimum Gasteiger partial charge on any atom is -0.426 e. The van der Waals surface area contributed by atoms with Crippen molar-refractivity contribution in [2.24, 2.45) is 0 Å². The first-order valence-corrected chi connectivity index (χ1v) is 9.41. The van der Waals surface area contributed by atoms with Crippen LogP contribution in [0.3, 0.4) is 0 Å². The van der Waals surface area contributed by atoms with Crippen LogP contribution in [0.5, 0.6) is 5.75 Å². The highest BCUT2D eigenvalue weighted by atomic mass is 35.5. The van der Waals surface area contributed by atoms with Gasteiger partial charge in [-0.2, -0.15) is 0 Å². The van der Waals surface area contributed by atoms with E-state index in [-0.39, 0.29) is 0 Å². The van der Waals surface area contributed by atoms with Crippen LogP contribution in [0.2, 0.25) is 5.02 Å². The molecule has 0 bridgehead atoms. The number of rotatable bonds is 5. The summed E-state index contributed by atoms with van der Waals surface area (Å²) in [6.45, 7) is 3.50. The highest BCUT2D eigenvalue weighted by Crippen LogP contribution is 2.28. The van der Waals surface area contributed by atoms with Gasteiger partial charge in [-0.05, 0) is 55.8 Å². The molecule has 0 radical (unpaired) electrons. The molecule has 0 aliphatic carbocycles. The number of carbonyl (C=O) groups is 1. The highest BCUT2D eigenvalue weighted by Gasteiger charge is 2.32. The second-order valence-corrected chi connectivity index (χ2v) is 8.11. The molecule has 5 nitrogen and oxygen atoms in total. The second kappa shape index (κ2) is 6.83. The summed E-state index contributed by atoms with van der Waals surface area (Å²) in [7, 11) is -3.35. The van der Waals surface area contributed by atoms with Crippen molar-refractivity contribution in [1.29, 1.82) is 0 Å². The lowest BCUT2D eigenvalue weighted by atomic mass is 9.85. The Bertz CT molecular complexity index is 845. The van der Waals surface area contributed by atoms with E-state index in [0.717, 1.165) is 11.8 Å². The van der Waals surface area contributed by atoms with Crippen molar-refractivity contribution in [3.8, 4) is 5.75 Å². The van der Waals surface area contributed by atoms with Crippen LogP contribution in [0.4, 0.5) is 5.69 Å². The number of anilines is 1. The third kappa shape index (κ3) is 4.72. The molecule has 0 heterocycles. The monoisotopic (exact) mass is 367 g/mol. The van der Waals surface area contributed by atoms with Gasteiger partial charge in [0.1, 0.15) is 5.75 Å². The molecule has 128 valence electrons. The maximum atomic E-state index is 12.5. The molecule has 0 aliphatic heterocycles. The van der Waals surface area contributed by atoms with Crippen molar-refractivity contribution < 1.29 is 17.9 Å². The van der Waals surface area contributed by atoms with E-state index in [4.69, 9.17) is 16.3 Å². The molecule has 0 saturated carbocycles. The lowest BCUT2D eigenvalue weighted by molar-refractivity contribution is -0.139. The number of hydrogen-bond donors (Lipinski definition) is 1. The molecule has 2 rings (SSSR count). The quantitative estimate of drug-likeness (QED) is 0.647. The lowest BCUT2D eigenvalue weighted by Crippen LogP contribution is -2.33. The van der Waals surface area contributed by atoms with Crippen LogP contribution in [0.25, 0.3) is 0 Å². The summed E-state index contributed by atoms with van der Waals surface area (Å²) in [4.78, 5) is 12.5. The number of esters is 1. The SMILES string of the molecule is CC(C)(C(=O)Oc1ccc(NS(C)(=O)=O)cc1)c1cccc(Cl)c1. The van der Waals surface area contributed by atoms with E-state index in [1.807, 2.05) is 6.07 Å². The fraction of sp³-hybridized carbons (Fsp3) is 0.235. The first-order valence-electron chi connectivity index (χ1n) is 7.14. The Kier molecular flexibility index (Phi) is 5.20. The van der Waals surface area contributed by atoms with E-state index in [1.165, 1.54) is 24.3 Å². The minimum absolute atomic E-state index is 0.328. The Labute approximate surface area is 146 Å². The van der Waals surface area contributed by atoms with Gasteiger partial charge in [0, 0.05) is 10.7 Å². The molecule has 24 heavy (non-hydrogen) atoms. The number of benzene rings is 2. The van der Waals surface area contributed by atoms with Crippen LogP contribution >= 0.6 is 11.6 Å². The van der Waals surface area contributed by atoms with E-state index in [1.54, 1.807) is 32.0 Å². The Balaban J connectivity index is 2.14. The van der Waals surface area contributed by atoms with E-state index in [9.17, 15) is 13.2 Å². The first-order chi connectivity index (χ1) is 11.1. The summed E-state index contributed by atoms with van der Waals surface area (Å²) < 4.78 is 30.1. The molecule has 0 saturated heterocycles. The van der Waals surface area contributed by atoms with Gasteiger partial charge < -0.3 is 4.74 Å². The standard InChI is InChI=1S/C17H18ClNO4S/c1-17(2,12-5-4-6-13(18)11-12)16(20)23-15-9-7-14(8-10-15)19-24(3,21)22/h4-11,19H,1-3H3. The maximum absolute atomic E-state index is 12.5. The molecular formula is C17H18ClNO4S. The summed E-state index contributed by atoms with van der Waals surface area (Å²) in [5.41, 5.74) is 0.260. The highest BCUT2D eigenvalue weighted by molar-refractivity contribution is 7.92. The molecule has 0 atom stereocenters. The Morgan fingerprint density at radius 2 is 1.75 bits per heavy atom. The molecular weight excluding hydrogens is 350 g/mol. The van der Waals surface area contributed by atoms with Gasteiger partial charge in [-0.25, -0.2) is 8.42 Å². The number of hydrogen-bond acceptors (Lipinski definition) is 4. The van der Waals surface area contributed by atoms with Gasteiger partial charge in [0.25, 0.3) is 0 Å². The van der Waals surface area contributed by atoms with E-state index in [0.29, 0.717) is 16.5 Å². The number of halogens is 1. The normalized spacial score (nSPS) is 11.8. The van der Waals surface area contributed by atoms with Crippen molar-refractivity contribution in [2.45, 2.75) is 19.3 Å². The van der Waals surface area contributed by atoms with Crippen LogP contribution in [-0.4, -0.2) is 20.6 Å². The van der Waals surface area contributed by atoms with Crippen molar-refractivity contribution in [3.05, 3.63) is 59.1 Å². The summed E-state index contributed by atoms with van der Waals surface area (Å²) in [5.74, 6) is -0.109. The van der Waals surface area contributed by atoms with Crippen LogP contribution in [-0.2, 0) is 20.2 Å². The number of nitrogens with one attached hydrogen (secondary N) is 1. The van der Waals surface area contributed by atoms with Gasteiger partial charge in [0.15, 0.2) is 0 Å². The third-order valence-electron chi connectivity index (χ3n) is 3.42. The summed E-state index contributed by atoms with van der Waals surface area (Å²) in [5, 5.41) is 0.546. The van der Waals surface area contributed by atoms with Crippen LogP contribution in [0.15, 0.2) is 48.5 Å². The molecule has 0 amide bonds. The predicted molar refractivity (Wildman–Crippen MR) is 95.0 cm³/mol. The largest absolute Gasteiger partial charge is 0.426 e. The number of sulfonamides is 1. The van der Waals surface area contributed by atoms with Gasteiger partial charge in [-0.1, -0.05) is 23.7 Å². The molecule has 1 N–H and O–H groups in total. The average molecular weight is 368 g/mol. The van der Waals surface area contributed by atoms with Gasteiger partial charge in [-0.15, -0.1) is 0 Å². The Morgan fingerprint density at radius 3 is 2.29 bits per heavy atom. The zero-order valence-electron chi connectivity index (χ0n) is 13.5. The zero-order valence-corrected chi connectivity index (χ0v) is 15.1. The van der Waals surface area contributed by atoms with E-state index < -0.39 is 21.4 Å². The molecule has 7 heteroatoms. The number of carbonyl (C=O) groups excluding carboxylic acids is 1. The fourth-order valence-corrected chi connectivity index (χ4v) is 2.79. The second-order valence-electron chi connectivity index (χ2n) is 5.92. The third-order valence-corrected chi connectivity index (χ3v) is 4.27. The molecule has 0 unspecified atom stereocenters. The lowest BCUT2D eigenvalue weighted by Gasteiger charge is -2.23. The topological polar surface area (TPSA) is 72.5 Å².